The van der Waals surface area contributed by atoms with Crippen molar-refractivity contribution in [2.45, 2.75) is 19.9 Å². The molecule has 10 heteroatoms. The van der Waals surface area contributed by atoms with Crippen LogP contribution >= 0.6 is 0 Å². The Morgan fingerprint density at radius 2 is 1.69 bits per heavy atom. The van der Waals surface area contributed by atoms with Gasteiger partial charge >= 0.3 is 0 Å². The second-order valence-electron chi connectivity index (χ2n) is 9.08. The Hall–Kier alpha value is -3.66. The fourth-order valence-electron chi connectivity index (χ4n) is 4.54. The summed E-state index contributed by atoms with van der Waals surface area (Å²) in [7, 11) is 0. The van der Waals surface area contributed by atoms with Gasteiger partial charge < -0.3 is 20.4 Å². The first kappa shape index (κ1) is 24.1. The first-order chi connectivity index (χ1) is 17.3. The molecular formula is C26H26F4N6. The van der Waals surface area contributed by atoms with E-state index < -0.39 is 23.3 Å². The minimum absolute atomic E-state index is 0.0952. The topological polar surface area (TPSA) is 56.3 Å². The molecule has 188 valence electrons. The second kappa shape index (κ2) is 9.77. The Labute approximate surface area is 206 Å². The van der Waals surface area contributed by atoms with Crippen LogP contribution < -0.4 is 20.4 Å². The van der Waals surface area contributed by atoms with Gasteiger partial charge in [0.2, 0.25) is 5.95 Å². The molecule has 0 amide bonds. The summed E-state index contributed by atoms with van der Waals surface area (Å²) in [4.78, 5) is 11.8. The quantitative estimate of drug-likeness (QED) is 0.478. The van der Waals surface area contributed by atoms with Crippen molar-refractivity contribution in [1.29, 1.82) is 0 Å². The van der Waals surface area contributed by atoms with Gasteiger partial charge in [0.15, 0.2) is 5.82 Å². The van der Waals surface area contributed by atoms with Gasteiger partial charge in [0, 0.05) is 67.7 Å². The van der Waals surface area contributed by atoms with E-state index >= 15 is 0 Å². The minimum Gasteiger partial charge on any atom is -0.367 e. The highest BCUT2D eigenvalue weighted by atomic mass is 19.1. The summed E-state index contributed by atoms with van der Waals surface area (Å²) >= 11 is 0. The smallest absolute Gasteiger partial charge is 0.228 e. The molecule has 1 aromatic heterocycles. The standard InChI is InChI=1S/C26H26F4N6/c1-15(2)36-7-3-4-17-18(27)10-16(11-23(17)36)25-21(30)14-32-26(34-25)33-22-12-20(29)24(13-19(22)28)35-8-5-31-6-9-35/h3-4,10-15,31H,5-9H2,1-2H3,(H,32,33,34). The second-order valence-corrected chi connectivity index (χ2v) is 9.08. The summed E-state index contributed by atoms with van der Waals surface area (Å²) in [6.45, 7) is 7.07. The summed E-state index contributed by atoms with van der Waals surface area (Å²) in [5.41, 5.74) is 1.12. The van der Waals surface area contributed by atoms with E-state index in [2.05, 4.69) is 20.6 Å². The Morgan fingerprint density at radius 3 is 2.44 bits per heavy atom. The Bertz CT molecular complexity index is 1320. The van der Waals surface area contributed by atoms with Gasteiger partial charge in [-0.3, -0.25) is 0 Å². The van der Waals surface area contributed by atoms with E-state index in [1.165, 1.54) is 6.07 Å². The summed E-state index contributed by atoms with van der Waals surface area (Å²) in [5.74, 6) is -2.70. The molecule has 3 heterocycles. The largest absolute Gasteiger partial charge is 0.367 e. The van der Waals surface area contributed by atoms with E-state index in [-0.39, 0.29) is 34.6 Å². The first-order valence-electron chi connectivity index (χ1n) is 11.8. The van der Waals surface area contributed by atoms with E-state index in [1.807, 2.05) is 24.8 Å². The summed E-state index contributed by atoms with van der Waals surface area (Å²) in [6.07, 6.45) is 4.50. The molecule has 0 bridgehead atoms. The van der Waals surface area contributed by atoms with E-state index in [4.69, 9.17) is 0 Å². The molecule has 0 unspecified atom stereocenters. The zero-order valence-electron chi connectivity index (χ0n) is 20.0. The van der Waals surface area contributed by atoms with Crippen LogP contribution in [-0.4, -0.2) is 48.7 Å². The predicted octanol–water partition coefficient (Wildman–Crippen LogP) is 5.09. The number of halogens is 4. The zero-order chi connectivity index (χ0) is 25.4. The lowest BCUT2D eigenvalue weighted by atomic mass is 10.0. The van der Waals surface area contributed by atoms with Crippen LogP contribution in [0.2, 0.25) is 0 Å². The average Bonchev–Trinajstić information content (AvgIpc) is 2.87. The van der Waals surface area contributed by atoms with Crippen molar-refractivity contribution < 1.29 is 17.6 Å². The number of piperazine rings is 1. The Kier molecular flexibility index (Phi) is 6.53. The summed E-state index contributed by atoms with van der Waals surface area (Å²) in [6, 6.07) is 5.15. The van der Waals surface area contributed by atoms with Crippen molar-refractivity contribution >= 4 is 29.1 Å². The minimum atomic E-state index is -0.761. The molecule has 2 aliphatic heterocycles. The van der Waals surface area contributed by atoms with E-state index in [9.17, 15) is 17.6 Å². The molecule has 0 atom stereocenters. The molecule has 2 aromatic carbocycles. The molecule has 6 nitrogen and oxygen atoms in total. The molecule has 2 aliphatic rings. The molecule has 0 aliphatic carbocycles. The third-order valence-electron chi connectivity index (χ3n) is 6.39. The van der Waals surface area contributed by atoms with Gasteiger partial charge in [-0.1, -0.05) is 12.2 Å². The van der Waals surface area contributed by atoms with Crippen LogP contribution in [-0.2, 0) is 0 Å². The number of fused-ring (bicyclic) bond motifs is 1. The van der Waals surface area contributed by atoms with Gasteiger partial charge in [-0.25, -0.2) is 27.5 Å². The van der Waals surface area contributed by atoms with Crippen LogP contribution in [0.5, 0.6) is 0 Å². The molecule has 1 saturated heterocycles. The molecule has 1 fully saturated rings. The van der Waals surface area contributed by atoms with Crippen molar-refractivity contribution in [2.75, 3.05) is 47.8 Å². The maximum Gasteiger partial charge on any atom is 0.228 e. The Morgan fingerprint density at radius 1 is 0.917 bits per heavy atom. The van der Waals surface area contributed by atoms with Crippen LogP contribution in [0.3, 0.4) is 0 Å². The third kappa shape index (κ3) is 4.60. The molecule has 3 aromatic rings. The highest BCUT2D eigenvalue weighted by Crippen LogP contribution is 2.35. The highest BCUT2D eigenvalue weighted by molar-refractivity contribution is 5.78. The maximum atomic E-state index is 15.0. The van der Waals surface area contributed by atoms with Crippen LogP contribution in [0.4, 0.5) is 40.6 Å². The normalized spacial score (nSPS) is 15.4. The predicted molar refractivity (Wildman–Crippen MR) is 134 cm³/mol. The molecule has 0 spiro atoms. The first-order valence-corrected chi connectivity index (χ1v) is 11.8. The average molecular weight is 499 g/mol. The van der Waals surface area contributed by atoms with Gasteiger partial charge in [0.25, 0.3) is 0 Å². The lowest BCUT2D eigenvalue weighted by molar-refractivity contribution is 0.559. The van der Waals surface area contributed by atoms with Gasteiger partial charge in [-0.15, -0.1) is 0 Å². The van der Waals surface area contributed by atoms with Gasteiger partial charge in [0.05, 0.1) is 17.6 Å². The maximum absolute atomic E-state index is 15.0. The summed E-state index contributed by atoms with van der Waals surface area (Å²) in [5, 5.41) is 5.80. The number of nitrogens with one attached hydrogen (secondary N) is 2. The number of benzene rings is 2. The van der Waals surface area contributed by atoms with Crippen molar-refractivity contribution in [2.24, 2.45) is 0 Å². The molecule has 5 rings (SSSR count). The SMILES string of the molecule is CC(C)N1CC=Cc2c(F)cc(-c3nc(Nc4cc(F)c(N5CCNCC5)cc4F)ncc3F)cc21. The number of aromatic nitrogens is 2. The zero-order valence-corrected chi connectivity index (χ0v) is 20.0. The molecule has 36 heavy (non-hydrogen) atoms. The van der Waals surface area contributed by atoms with Crippen LogP contribution in [0.1, 0.15) is 19.4 Å². The van der Waals surface area contributed by atoms with Crippen LogP contribution in [0.15, 0.2) is 36.5 Å². The lowest BCUT2D eigenvalue weighted by Gasteiger charge is -2.32. The highest BCUT2D eigenvalue weighted by Gasteiger charge is 2.23. The number of rotatable bonds is 5. The van der Waals surface area contributed by atoms with Crippen LogP contribution in [0, 0.1) is 23.3 Å². The fraction of sp³-hybridized carbons (Fsp3) is 0.308. The number of nitrogens with zero attached hydrogens (tertiary/aromatic N) is 4. The number of hydrogen-bond acceptors (Lipinski definition) is 6. The van der Waals surface area contributed by atoms with Crippen LogP contribution in [0.25, 0.3) is 17.3 Å². The molecule has 2 N–H and O–H groups in total. The third-order valence-corrected chi connectivity index (χ3v) is 6.39. The molecular weight excluding hydrogens is 472 g/mol. The molecule has 0 saturated carbocycles. The van der Waals surface area contributed by atoms with Crippen molar-refractivity contribution in [3.63, 3.8) is 0 Å². The van der Waals surface area contributed by atoms with E-state index in [0.29, 0.717) is 44.0 Å². The van der Waals surface area contributed by atoms with E-state index in [1.54, 1.807) is 17.0 Å². The van der Waals surface area contributed by atoms with E-state index in [0.717, 1.165) is 18.3 Å². The van der Waals surface area contributed by atoms with Crippen molar-refractivity contribution in [1.82, 2.24) is 15.3 Å². The lowest BCUT2D eigenvalue weighted by Crippen LogP contribution is -2.43. The monoisotopic (exact) mass is 498 g/mol. The number of hydrogen-bond donors (Lipinski definition) is 2. The van der Waals surface area contributed by atoms with Gasteiger partial charge in [-0.2, -0.15) is 0 Å². The Balaban J connectivity index is 1.47. The van der Waals surface area contributed by atoms with Gasteiger partial charge in [0.1, 0.15) is 23.1 Å². The summed E-state index contributed by atoms with van der Waals surface area (Å²) < 4.78 is 59.4. The van der Waals surface area contributed by atoms with Gasteiger partial charge in [-0.05, 0) is 26.0 Å². The van der Waals surface area contributed by atoms with Crippen molar-refractivity contribution in [3.05, 3.63) is 65.4 Å². The molecule has 0 radical (unpaired) electrons. The fourth-order valence-corrected chi connectivity index (χ4v) is 4.54. The van der Waals surface area contributed by atoms with Crippen molar-refractivity contribution in [3.8, 4) is 11.3 Å². The number of anilines is 4.